The molecule has 1 heterocycles. The summed E-state index contributed by atoms with van der Waals surface area (Å²) in [5.41, 5.74) is 7.08. The largest absolute Gasteiger partial charge is 0.399 e. The van der Waals surface area contributed by atoms with Crippen molar-refractivity contribution in [3.63, 3.8) is 0 Å². The zero-order valence-corrected chi connectivity index (χ0v) is 10.6. The Balaban J connectivity index is 2.28. The molecule has 1 aromatic carbocycles. The van der Waals surface area contributed by atoms with Crippen LogP contribution in [0.1, 0.15) is 10.5 Å². The molecule has 0 radical (unpaired) electrons. The number of alkyl halides is 2. The lowest BCUT2D eigenvalue weighted by atomic mass is 10.2. The Morgan fingerprint density at radius 3 is 2.80 bits per heavy atom. The molecule has 0 fully saturated rings. The molecule has 0 saturated carbocycles. The second kappa shape index (κ2) is 5.87. The Labute approximate surface area is 114 Å². The number of nitrogens with one attached hydrogen (secondary N) is 1. The molecule has 0 aliphatic carbocycles. The van der Waals surface area contributed by atoms with Crippen LogP contribution in [0.5, 0.6) is 0 Å². The van der Waals surface area contributed by atoms with E-state index in [1.807, 2.05) is 0 Å². The van der Waals surface area contributed by atoms with Crippen molar-refractivity contribution in [3.05, 3.63) is 30.0 Å². The molecule has 0 bridgehead atoms. The van der Waals surface area contributed by atoms with Crippen molar-refractivity contribution in [2.45, 2.75) is 6.43 Å². The highest BCUT2D eigenvalue weighted by atomic mass is 19.3. The second-order valence-electron chi connectivity index (χ2n) is 4.40. The predicted molar refractivity (Wildman–Crippen MR) is 71.7 cm³/mol. The number of nitrogens with two attached hydrogens (primary N) is 1. The van der Waals surface area contributed by atoms with Crippen LogP contribution in [0.3, 0.4) is 0 Å². The van der Waals surface area contributed by atoms with Gasteiger partial charge in [-0.2, -0.15) is 0 Å². The number of aromatic amines is 1. The molecule has 7 heteroatoms. The number of aliphatic hydroxyl groups is 1. The Kier molecular flexibility index (Phi) is 4.19. The quantitative estimate of drug-likeness (QED) is 0.726. The monoisotopic (exact) mass is 283 g/mol. The number of carbonyl (C=O) groups is 1. The first-order valence-electron chi connectivity index (χ1n) is 6.08. The third-order valence-corrected chi connectivity index (χ3v) is 2.89. The van der Waals surface area contributed by atoms with Gasteiger partial charge in [-0.15, -0.1) is 0 Å². The van der Waals surface area contributed by atoms with Crippen LogP contribution in [0, 0.1) is 0 Å². The van der Waals surface area contributed by atoms with E-state index in [2.05, 4.69) is 4.98 Å². The van der Waals surface area contributed by atoms with Crippen molar-refractivity contribution in [2.75, 3.05) is 25.4 Å². The van der Waals surface area contributed by atoms with Crippen LogP contribution in [0.4, 0.5) is 14.5 Å². The summed E-state index contributed by atoms with van der Waals surface area (Å²) in [5.74, 6) is -0.575. The van der Waals surface area contributed by atoms with E-state index in [1.165, 1.54) is 0 Å². The number of aromatic nitrogens is 1. The molecule has 1 aromatic heterocycles. The Bertz CT molecular complexity index is 613. The molecule has 4 N–H and O–H groups in total. The number of H-pyrrole nitrogens is 1. The lowest BCUT2D eigenvalue weighted by Gasteiger charge is -2.20. The highest BCUT2D eigenvalue weighted by Crippen LogP contribution is 2.19. The maximum Gasteiger partial charge on any atom is 0.270 e. The van der Waals surface area contributed by atoms with E-state index in [9.17, 15) is 13.6 Å². The number of benzene rings is 1. The van der Waals surface area contributed by atoms with E-state index < -0.39 is 18.9 Å². The van der Waals surface area contributed by atoms with Crippen LogP contribution >= 0.6 is 0 Å². The van der Waals surface area contributed by atoms with E-state index >= 15 is 0 Å². The molecule has 0 spiro atoms. The Morgan fingerprint density at radius 2 is 2.15 bits per heavy atom. The molecule has 2 aromatic rings. The fourth-order valence-corrected chi connectivity index (χ4v) is 2.00. The molecule has 0 unspecified atom stereocenters. The lowest BCUT2D eigenvalue weighted by Crippen LogP contribution is -2.37. The molecule has 108 valence electrons. The SMILES string of the molecule is Nc1ccc2[nH]c(C(=O)N(CCO)CC(F)F)cc2c1. The van der Waals surface area contributed by atoms with E-state index in [1.54, 1.807) is 24.3 Å². The number of halogens is 2. The number of aliphatic hydroxyl groups excluding tert-OH is 1. The van der Waals surface area contributed by atoms with Crippen LogP contribution in [0.2, 0.25) is 0 Å². The summed E-state index contributed by atoms with van der Waals surface area (Å²) in [7, 11) is 0. The molecule has 0 saturated heterocycles. The van der Waals surface area contributed by atoms with Crippen LogP contribution in [-0.2, 0) is 0 Å². The third-order valence-electron chi connectivity index (χ3n) is 2.89. The van der Waals surface area contributed by atoms with Gasteiger partial charge in [-0.05, 0) is 24.3 Å². The van der Waals surface area contributed by atoms with Gasteiger partial charge in [0.1, 0.15) is 5.69 Å². The minimum Gasteiger partial charge on any atom is -0.399 e. The maximum absolute atomic E-state index is 12.4. The molecular weight excluding hydrogens is 268 g/mol. The molecule has 2 rings (SSSR count). The van der Waals surface area contributed by atoms with Crippen molar-refractivity contribution < 1.29 is 18.7 Å². The summed E-state index contributed by atoms with van der Waals surface area (Å²) in [6.45, 7) is -1.22. The van der Waals surface area contributed by atoms with E-state index in [-0.39, 0.29) is 18.8 Å². The number of rotatable bonds is 5. The zero-order chi connectivity index (χ0) is 14.7. The molecule has 1 amide bonds. The number of nitrogen functional groups attached to an aromatic ring is 1. The predicted octanol–water partition coefficient (Wildman–Crippen LogP) is 1.45. The Morgan fingerprint density at radius 1 is 1.40 bits per heavy atom. The van der Waals surface area contributed by atoms with Gasteiger partial charge in [0, 0.05) is 23.1 Å². The standard InChI is InChI=1S/C13H15F2N3O2/c14-12(15)7-18(3-4-19)13(20)11-6-8-5-9(16)1-2-10(8)17-11/h1-2,5-6,12,17,19H,3-4,7,16H2. The Hall–Kier alpha value is -2.15. The lowest BCUT2D eigenvalue weighted by molar-refractivity contribution is 0.0505. The van der Waals surface area contributed by atoms with Gasteiger partial charge in [-0.25, -0.2) is 8.78 Å². The summed E-state index contributed by atoms with van der Waals surface area (Å²) in [4.78, 5) is 15.9. The summed E-state index contributed by atoms with van der Waals surface area (Å²) in [5, 5.41) is 9.59. The molecule has 0 atom stereocenters. The highest BCUT2D eigenvalue weighted by Gasteiger charge is 2.20. The van der Waals surface area contributed by atoms with Gasteiger partial charge in [-0.3, -0.25) is 4.79 Å². The zero-order valence-electron chi connectivity index (χ0n) is 10.6. The van der Waals surface area contributed by atoms with E-state index in [0.29, 0.717) is 11.2 Å². The number of hydrogen-bond acceptors (Lipinski definition) is 3. The molecule has 0 aliphatic rings. The van der Waals surface area contributed by atoms with Gasteiger partial charge in [0.25, 0.3) is 12.3 Å². The van der Waals surface area contributed by atoms with E-state index in [4.69, 9.17) is 10.8 Å². The number of fused-ring (bicyclic) bond motifs is 1. The minimum atomic E-state index is -2.65. The topological polar surface area (TPSA) is 82.4 Å². The third kappa shape index (κ3) is 3.05. The average Bonchev–Trinajstić information content (AvgIpc) is 2.79. The summed E-state index contributed by atoms with van der Waals surface area (Å²) >= 11 is 0. The van der Waals surface area contributed by atoms with Crippen LogP contribution < -0.4 is 5.73 Å². The van der Waals surface area contributed by atoms with Gasteiger partial charge < -0.3 is 20.7 Å². The van der Waals surface area contributed by atoms with Crippen molar-refractivity contribution >= 4 is 22.5 Å². The molecule has 0 aliphatic heterocycles. The van der Waals surface area contributed by atoms with Crippen molar-refractivity contribution in [2.24, 2.45) is 0 Å². The number of hydrogen-bond donors (Lipinski definition) is 3. The molecule has 5 nitrogen and oxygen atoms in total. The van der Waals surface area contributed by atoms with Crippen molar-refractivity contribution in [1.29, 1.82) is 0 Å². The number of nitrogens with zero attached hydrogens (tertiary/aromatic N) is 1. The number of carbonyl (C=O) groups excluding carboxylic acids is 1. The first kappa shape index (κ1) is 14.3. The van der Waals surface area contributed by atoms with Gasteiger partial charge >= 0.3 is 0 Å². The molecular formula is C13H15F2N3O2. The number of anilines is 1. The summed E-state index contributed by atoms with van der Waals surface area (Å²) in [6, 6.07) is 6.64. The maximum atomic E-state index is 12.4. The van der Waals surface area contributed by atoms with Crippen LogP contribution in [0.25, 0.3) is 10.9 Å². The first-order valence-corrected chi connectivity index (χ1v) is 6.08. The highest BCUT2D eigenvalue weighted by molar-refractivity contribution is 5.98. The van der Waals surface area contributed by atoms with Crippen molar-refractivity contribution in [3.8, 4) is 0 Å². The van der Waals surface area contributed by atoms with E-state index in [0.717, 1.165) is 10.3 Å². The fraction of sp³-hybridized carbons (Fsp3) is 0.308. The minimum absolute atomic E-state index is 0.138. The van der Waals surface area contributed by atoms with Gasteiger partial charge in [0.15, 0.2) is 0 Å². The average molecular weight is 283 g/mol. The summed E-state index contributed by atoms with van der Waals surface area (Å²) in [6.07, 6.45) is -2.65. The normalized spacial score (nSPS) is 11.2. The van der Waals surface area contributed by atoms with Gasteiger partial charge in [-0.1, -0.05) is 0 Å². The number of amides is 1. The first-order chi connectivity index (χ1) is 9.51. The van der Waals surface area contributed by atoms with Crippen LogP contribution in [-0.4, -0.2) is 47.0 Å². The van der Waals surface area contributed by atoms with Crippen molar-refractivity contribution in [1.82, 2.24) is 9.88 Å². The second-order valence-corrected chi connectivity index (χ2v) is 4.40. The molecule has 20 heavy (non-hydrogen) atoms. The fourth-order valence-electron chi connectivity index (χ4n) is 2.00. The van der Waals surface area contributed by atoms with Crippen LogP contribution in [0.15, 0.2) is 24.3 Å². The van der Waals surface area contributed by atoms with Gasteiger partial charge in [0.05, 0.1) is 13.2 Å². The smallest absolute Gasteiger partial charge is 0.270 e. The summed E-state index contributed by atoms with van der Waals surface area (Å²) < 4.78 is 24.9. The van der Waals surface area contributed by atoms with Gasteiger partial charge in [0.2, 0.25) is 0 Å².